The van der Waals surface area contributed by atoms with Crippen LogP contribution in [0.15, 0.2) is 30.3 Å². The summed E-state index contributed by atoms with van der Waals surface area (Å²) < 4.78 is 0. The number of hydrogen-bond acceptors (Lipinski definition) is 1. The first-order valence-electron chi connectivity index (χ1n) is 5.05. The number of alkyl halides is 1. The number of halogens is 1. The van der Waals surface area contributed by atoms with Crippen molar-refractivity contribution in [3.8, 4) is 0 Å². The van der Waals surface area contributed by atoms with Gasteiger partial charge in [-0.15, -0.1) is 11.6 Å². The Balaban J connectivity index is 0.000000255. The van der Waals surface area contributed by atoms with Gasteiger partial charge in [0.2, 0.25) is 0 Å². The van der Waals surface area contributed by atoms with Gasteiger partial charge in [-0.1, -0.05) is 50.1 Å². The van der Waals surface area contributed by atoms with E-state index in [4.69, 9.17) is 11.6 Å². The topological polar surface area (TPSA) is 0 Å². The number of unbranched alkanes of at least 4 members (excludes halogenated alkanes) is 2. The van der Waals surface area contributed by atoms with Crippen molar-refractivity contribution in [2.45, 2.75) is 31.9 Å². The van der Waals surface area contributed by atoms with Crippen LogP contribution in [0.2, 0.25) is 0 Å². The van der Waals surface area contributed by atoms with Crippen LogP contribution in [0.4, 0.5) is 0 Å². The first-order valence-corrected chi connectivity index (χ1v) is 6.22. The standard InChI is InChI=1S/C7H8S.C5H11Cl/c8-6-7-4-2-1-3-5-7;1-2-3-4-5-6/h1-5,8H,6H2;2-5H2,1H3. The summed E-state index contributed by atoms with van der Waals surface area (Å²) in [5, 5.41) is 0. The molecule has 1 rings (SSSR count). The molecule has 0 amide bonds. The van der Waals surface area contributed by atoms with E-state index in [0.717, 1.165) is 11.6 Å². The Morgan fingerprint density at radius 1 is 1.14 bits per heavy atom. The molecule has 0 heterocycles. The van der Waals surface area contributed by atoms with E-state index in [-0.39, 0.29) is 0 Å². The van der Waals surface area contributed by atoms with Crippen molar-refractivity contribution < 1.29 is 0 Å². The molecule has 0 radical (unpaired) electrons. The Hall–Kier alpha value is -0.140. The second-order valence-electron chi connectivity index (χ2n) is 3.04. The minimum Gasteiger partial charge on any atom is -0.175 e. The summed E-state index contributed by atoms with van der Waals surface area (Å²) in [5.74, 6) is 1.66. The van der Waals surface area contributed by atoms with Gasteiger partial charge in [-0.25, -0.2) is 0 Å². The normalized spacial score (nSPS) is 9.07. The van der Waals surface area contributed by atoms with Crippen LogP contribution >= 0.6 is 24.2 Å². The van der Waals surface area contributed by atoms with E-state index in [1.54, 1.807) is 0 Å². The molecule has 0 atom stereocenters. The van der Waals surface area contributed by atoms with Crippen LogP contribution in [0.3, 0.4) is 0 Å². The molecule has 0 aliphatic rings. The molecule has 0 nitrogen and oxygen atoms in total. The van der Waals surface area contributed by atoms with E-state index in [1.807, 2.05) is 18.2 Å². The van der Waals surface area contributed by atoms with Crippen LogP contribution < -0.4 is 0 Å². The second kappa shape index (κ2) is 10.9. The van der Waals surface area contributed by atoms with Gasteiger partial charge in [0.15, 0.2) is 0 Å². The molecule has 0 aromatic heterocycles. The van der Waals surface area contributed by atoms with Crippen LogP contribution in [0.25, 0.3) is 0 Å². The van der Waals surface area contributed by atoms with Crippen molar-refractivity contribution >= 4 is 24.2 Å². The third-order valence-electron chi connectivity index (χ3n) is 1.76. The maximum absolute atomic E-state index is 5.38. The maximum atomic E-state index is 5.38. The van der Waals surface area contributed by atoms with E-state index < -0.39 is 0 Å². The van der Waals surface area contributed by atoms with Crippen LogP contribution in [0, 0.1) is 0 Å². The number of thiol groups is 1. The summed E-state index contributed by atoms with van der Waals surface area (Å²) in [6, 6.07) is 10.2. The summed E-state index contributed by atoms with van der Waals surface area (Å²) in [7, 11) is 0. The Morgan fingerprint density at radius 2 is 1.79 bits per heavy atom. The molecule has 0 bridgehead atoms. The molecule has 0 aliphatic carbocycles. The van der Waals surface area contributed by atoms with E-state index in [2.05, 4.69) is 31.7 Å². The number of benzene rings is 1. The lowest BCUT2D eigenvalue weighted by molar-refractivity contribution is 0.776. The fourth-order valence-corrected chi connectivity index (χ4v) is 1.33. The predicted octanol–water partition coefficient (Wildman–Crippen LogP) is 4.53. The Labute approximate surface area is 98.1 Å². The molecule has 0 spiro atoms. The summed E-state index contributed by atoms with van der Waals surface area (Å²) in [6.45, 7) is 2.17. The molecule has 1 aromatic carbocycles. The van der Waals surface area contributed by atoms with Crippen molar-refractivity contribution in [1.82, 2.24) is 0 Å². The Kier molecular flexibility index (Phi) is 10.8. The Morgan fingerprint density at radius 3 is 2.07 bits per heavy atom. The van der Waals surface area contributed by atoms with Crippen LogP contribution in [-0.4, -0.2) is 5.88 Å². The summed E-state index contributed by atoms with van der Waals surface area (Å²) in [6.07, 6.45) is 3.73. The van der Waals surface area contributed by atoms with Gasteiger partial charge in [0.05, 0.1) is 0 Å². The smallest absolute Gasteiger partial charge is 0.0223 e. The van der Waals surface area contributed by atoms with E-state index in [0.29, 0.717) is 0 Å². The molecule has 0 saturated carbocycles. The van der Waals surface area contributed by atoms with Crippen LogP contribution in [0.5, 0.6) is 0 Å². The Bertz CT molecular complexity index is 195. The fourth-order valence-electron chi connectivity index (χ4n) is 0.928. The van der Waals surface area contributed by atoms with Gasteiger partial charge >= 0.3 is 0 Å². The zero-order chi connectivity index (χ0) is 10.6. The third kappa shape index (κ3) is 8.46. The molecule has 2 heteroatoms. The zero-order valence-corrected chi connectivity index (χ0v) is 10.4. The van der Waals surface area contributed by atoms with E-state index >= 15 is 0 Å². The monoisotopic (exact) mass is 230 g/mol. The van der Waals surface area contributed by atoms with Crippen LogP contribution in [0.1, 0.15) is 31.7 Å². The van der Waals surface area contributed by atoms with Gasteiger partial charge in [0, 0.05) is 11.6 Å². The van der Waals surface area contributed by atoms with E-state index in [1.165, 1.54) is 24.8 Å². The van der Waals surface area contributed by atoms with Gasteiger partial charge in [0.25, 0.3) is 0 Å². The SMILES string of the molecule is CCCCCCl.SCc1ccccc1. The molecule has 1 aromatic rings. The lowest BCUT2D eigenvalue weighted by Gasteiger charge is -1.89. The summed E-state index contributed by atoms with van der Waals surface area (Å²) in [4.78, 5) is 0. The molecular weight excluding hydrogens is 212 g/mol. The van der Waals surface area contributed by atoms with Gasteiger partial charge < -0.3 is 0 Å². The zero-order valence-electron chi connectivity index (χ0n) is 8.75. The third-order valence-corrected chi connectivity index (χ3v) is 2.39. The minimum atomic E-state index is 0.827. The first-order chi connectivity index (χ1) is 6.85. The second-order valence-corrected chi connectivity index (χ2v) is 3.73. The molecule has 0 unspecified atom stereocenters. The molecule has 0 aliphatic heterocycles. The summed E-state index contributed by atoms with van der Waals surface area (Å²) in [5.41, 5.74) is 1.27. The highest BCUT2D eigenvalue weighted by atomic mass is 35.5. The lowest BCUT2D eigenvalue weighted by Crippen LogP contribution is -1.71. The number of hydrogen-bond donors (Lipinski definition) is 1. The quantitative estimate of drug-likeness (QED) is 0.439. The molecule has 80 valence electrons. The van der Waals surface area contributed by atoms with E-state index in [9.17, 15) is 0 Å². The molecule has 0 saturated heterocycles. The average Bonchev–Trinajstić information content (AvgIpc) is 2.28. The van der Waals surface area contributed by atoms with Crippen molar-refractivity contribution in [2.24, 2.45) is 0 Å². The largest absolute Gasteiger partial charge is 0.175 e. The summed E-state index contributed by atoms with van der Waals surface area (Å²) >= 11 is 9.49. The minimum absolute atomic E-state index is 0.827. The molecule has 14 heavy (non-hydrogen) atoms. The van der Waals surface area contributed by atoms with Crippen molar-refractivity contribution in [3.05, 3.63) is 35.9 Å². The van der Waals surface area contributed by atoms with Crippen molar-refractivity contribution in [3.63, 3.8) is 0 Å². The highest BCUT2D eigenvalue weighted by Gasteiger charge is 1.80. The maximum Gasteiger partial charge on any atom is 0.0223 e. The highest BCUT2D eigenvalue weighted by molar-refractivity contribution is 7.79. The molecule has 0 N–H and O–H groups in total. The van der Waals surface area contributed by atoms with Gasteiger partial charge in [-0.05, 0) is 12.0 Å². The fraction of sp³-hybridized carbons (Fsp3) is 0.500. The lowest BCUT2D eigenvalue weighted by atomic mass is 10.2. The molecule has 0 fully saturated rings. The van der Waals surface area contributed by atoms with Crippen molar-refractivity contribution in [2.75, 3.05) is 5.88 Å². The van der Waals surface area contributed by atoms with Crippen molar-refractivity contribution in [1.29, 1.82) is 0 Å². The average molecular weight is 231 g/mol. The predicted molar refractivity (Wildman–Crippen MR) is 69.4 cm³/mol. The van der Waals surface area contributed by atoms with Gasteiger partial charge in [-0.3, -0.25) is 0 Å². The first kappa shape index (κ1) is 13.9. The van der Waals surface area contributed by atoms with Gasteiger partial charge in [-0.2, -0.15) is 12.6 Å². The van der Waals surface area contributed by atoms with Gasteiger partial charge in [0.1, 0.15) is 0 Å². The number of rotatable bonds is 4. The highest BCUT2D eigenvalue weighted by Crippen LogP contribution is 2.00. The van der Waals surface area contributed by atoms with Crippen LogP contribution in [-0.2, 0) is 5.75 Å². The molecular formula is C12H19ClS.